The van der Waals surface area contributed by atoms with Crippen LogP contribution in [0.5, 0.6) is 5.75 Å². The third kappa shape index (κ3) is 7.32. The van der Waals surface area contributed by atoms with Crippen molar-refractivity contribution in [2.24, 2.45) is 4.99 Å². The second-order valence-corrected chi connectivity index (χ2v) is 11.1. The van der Waals surface area contributed by atoms with Crippen molar-refractivity contribution in [3.05, 3.63) is 89.2 Å². The van der Waals surface area contributed by atoms with E-state index in [1.807, 2.05) is 32.9 Å². The van der Waals surface area contributed by atoms with Crippen LogP contribution in [0.15, 0.2) is 72.0 Å². The van der Waals surface area contributed by atoms with Crippen molar-refractivity contribution in [2.75, 3.05) is 17.2 Å². The number of carbonyl (C=O) groups excluding carboxylic acids is 2. The number of aryl methyl sites for hydroxylation is 3. The third-order valence-electron chi connectivity index (χ3n) is 6.83. The van der Waals surface area contributed by atoms with E-state index < -0.39 is 18.3 Å². The number of aliphatic imine (C=N–C) groups is 1. The number of aromatic nitrogens is 3. The van der Waals surface area contributed by atoms with Crippen LogP contribution in [0.25, 0.3) is 17.1 Å². The number of thioether (sulfide) groups is 1. The summed E-state index contributed by atoms with van der Waals surface area (Å²) in [4.78, 5) is 35.4. The van der Waals surface area contributed by atoms with Gasteiger partial charge in [0.25, 0.3) is 0 Å². The number of hydrogen-bond donors (Lipinski definition) is 1. The SMILES string of the molecule is Cc1cc(C)c(N2C(=O)CSC2=NC(=O)NCC(C#N)c2ccc(-c3ncn(-c4ccc(OC(F)(F)F)cc4)n3)cc2)c(C)c1. The second-order valence-electron chi connectivity index (χ2n) is 10.2. The number of ether oxygens (including phenoxy) is 1. The Morgan fingerprint density at radius 1 is 1.11 bits per heavy atom. The molecule has 0 spiro atoms. The van der Waals surface area contributed by atoms with Crippen LogP contribution in [0.1, 0.15) is 28.2 Å². The average molecular weight is 634 g/mol. The van der Waals surface area contributed by atoms with Gasteiger partial charge in [-0.2, -0.15) is 10.3 Å². The molecular weight excluding hydrogens is 607 g/mol. The Balaban J connectivity index is 1.23. The van der Waals surface area contributed by atoms with Gasteiger partial charge in [0.15, 0.2) is 11.0 Å². The number of urea groups is 1. The average Bonchev–Trinajstić information content (AvgIpc) is 3.61. The Bertz CT molecular complexity index is 1790. The topological polar surface area (TPSA) is 126 Å². The minimum Gasteiger partial charge on any atom is -0.406 e. The summed E-state index contributed by atoms with van der Waals surface area (Å²) in [5, 5.41) is 17.1. The van der Waals surface area contributed by atoms with Crippen LogP contribution in [0, 0.1) is 32.1 Å². The van der Waals surface area contributed by atoms with E-state index in [2.05, 4.69) is 31.2 Å². The number of amides is 3. The van der Waals surface area contributed by atoms with Gasteiger partial charge in [0.05, 0.1) is 29.1 Å². The number of rotatable bonds is 7. The molecule has 1 saturated heterocycles. The Morgan fingerprint density at radius 3 is 2.40 bits per heavy atom. The van der Waals surface area contributed by atoms with Crippen LogP contribution >= 0.6 is 11.8 Å². The maximum absolute atomic E-state index is 12.8. The van der Waals surface area contributed by atoms with E-state index in [0.717, 1.165) is 16.7 Å². The molecular formula is C31H26F3N7O3S. The molecule has 2 heterocycles. The van der Waals surface area contributed by atoms with Crippen LogP contribution in [0.4, 0.5) is 23.7 Å². The van der Waals surface area contributed by atoms with E-state index in [4.69, 9.17) is 0 Å². The van der Waals surface area contributed by atoms with Gasteiger partial charge in [0, 0.05) is 12.1 Å². The Hall–Kier alpha value is -5.16. The Labute approximate surface area is 260 Å². The van der Waals surface area contributed by atoms with Gasteiger partial charge in [-0.15, -0.1) is 18.3 Å². The smallest absolute Gasteiger partial charge is 0.406 e. The number of hydrogen-bond acceptors (Lipinski definition) is 7. The molecule has 1 unspecified atom stereocenters. The lowest BCUT2D eigenvalue weighted by Crippen LogP contribution is -2.33. The first-order valence-corrected chi connectivity index (χ1v) is 14.6. The lowest BCUT2D eigenvalue weighted by atomic mass is 9.99. The molecule has 10 nitrogen and oxygen atoms in total. The van der Waals surface area contributed by atoms with Crippen LogP contribution in [0.3, 0.4) is 0 Å². The van der Waals surface area contributed by atoms with Gasteiger partial charge < -0.3 is 10.1 Å². The van der Waals surface area contributed by atoms with Gasteiger partial charge in [-0.3, -0.25) is 9.69 Å². The Morgan fingerprint density at radius 2 is 1.78 bits per heavy atom. The highest BCUT2D eigenvalue weighted by atomic mass is 32.2. The van der Waals surface area contributed by atoms with Crippen LogP contribution in [-0.2, 0) is 4.79 Å². The van der Waals surface area contributed by atoms with Crippen molar-refractivity contribution >= 4 is 34.6 Å². The fourth-order valence-electron chi connectivity index (χ4n) is 4.93. The molecule has 14 heteroatoms. The molecule has 230 valence electrons. The van der Waals surface area contributed by atoms with E-state index >= 15 is 0 Å². The molecule has 5 rings (SSSR count). The molecule has 1 aromatic heterocycles. The predicted octanol–water partition coefficient (Wildman–Crippen LogP) is 6.21. The summed E-state index contributed by atoms with van der Waals surface area (Å²) < 4.78 is 42.5. The highest BCUT2D eigenvalue weighted by molar-refractivity contribution is 8.15. The molecule has 1 atom stereocenters. The van der Waals surface area contributed by atoms with Crippen molar-refractivity contribution in [1.29, 1.82) is 5.26 Å². The predicted molar refractivity (Wildman–Crippen MR) is 163 cm³/mol. The maximum Gasteiger partial charge on any atom is 0.573 e. The normalized spacial score (nSPS) is 14.8. The first kappa shape index (κ1) is 31.3. The molecule has 0 saturated carbocycles. The number of nitrogens with one attached hydrogen (secondary N) is 1. The number of nitrogens with zero attached hydrogens (tertiary/aromatic N) is 6. The number of amidine groups is 1. The van der Waals surface area contributed by atoms with Gasteiger partial charge in [0.2, 0.25) is 5.91 Å². The summed E-state index contributed by atoms with van der Waals surface area (Å²) in [6.07, 6.45) is -3.35. The van der Waals surface area contributed by atoms with Crippen molar-refractivity contribution in [1.82, 2.24) is 20.1 Å². The van der Waals surface area contributed by atoms with Crippen LogP contribution in [-0.4, -0.2) is 50.5 Å². The molecule has 1 aliphatic heterocycles. The van der Waals surface area contributed by atoms with Crippen molar-refractivity contribution in [3.63, 3.8) is 0 Å². The number of halogens is 3. The lowest BCUT2D eigenvalue weighted by Gasteiger charge is -2.21. The number of carbonyl (C=O) groups is 2. The van der Waals surface area contributed by atoms with Crippen molar-refractivity contribution in [3.8, 4) is 28.9 Å². The molecule has 1 fully saturated rings. The number of anilines is 1. The molecule has 4 aromatic rings. The first-order valence-electron chi connectivity index (χ1n) is 13.6. The van der Waals surface area contributed by atoms with E-state index in [9.17, 15) is 28.0 Å². The molecule has 0 aliphatic carbocycles. The highest BCUT2D eigenvalue weighted by Gasteiger charge is 2.33. The molecule has 3 amide bonds. The zero-order chi connectivity index (χ0) is 32.3. The summed E-state index contributed by atoms with van der Waals surface area (Å²) >= 11 is 1.18. The molecule has 1 N–H and O–H groups in total. The quantitative estimate of drug-likeness (QED) is 0.257. The van der Waals surface area contributed by atoms with Crippen molar-refractivity contribution in [2.45, 2.75) is 33.1 Å². The summed E-state index contributed by atoms with van der Waals surface area (Å²) in [6, 6.07) is 17.6. The van der Waals surface area contributed by atoms with E-state index in [1.165, 1.54) is 51.9 Å². The second kappa shape index (κ2) is 12.8. The molecule has 3 aromatic carbocycles. The highest BCUT2D eigenvalue weighted by Crippen LogP contribution is 2.33. The number of alkyl halides is 3. The minimum absolute atomic E-state index is 0.00636. The maximum atomic E-state index is 12.8. The molecule has 1 aliphatic rings. The van der Waals surface area contributed by atoms with Crippen molar-refractivity contribution < 1.29 is 27.5 Å². The number of nitriles is 1. The third-order valence-corrected chi connectivity index (χ3v) is 7.76. The fourth-order valence-corrected chi connectivity index (χ4v) is 5.78. The number of benzene rings is 3. The van der Waals surface area contributed by atoms with E-state index in [1.54, 1.807) is 24.3 Å². The minimum atomic E-state index is -4.78. The monoisotopic (exact) mass is 633 g/mol. The fraction of sp³-hybridized carbons (Fsp3) is 0.226. The zero-order valence-electron chi connectivity index (χ0n) is 24.3. The van der Waals surface area contributed by atoms with Gasteiger partial charge in [-0.25, -0.2) is 14.5 Å². The first-order chi connectivity index (χ1) is 21.4. The summed E-state index contributed by atoms with van der Waals surface area (Å²) in [5.41, 5.74) is 5.36. The molecule has 0 bridgehead atoms. The summed E-state index contributed by atoms with van der Waals surface area (Å²) in [6.45, 7) is 5.79. The van der Waals surface area contributed by atoms with Gasteiger partial charge in [0.1, 0.15) is 12.1 Å². The Kier molecular flexibility index (Phi) is 8.92. The van der Waals surface area contributed by atoms with Crippen LogP contribution < -0.4 is 15.0 Å². The summed E-state index contributed by atoms with van der Waals surface area (Å²) in [7, 11) is 0. The molecule has 0 radical (unpaired) electrons. The van der Waals surface area contributed by atoms with Crippen LogP contribution in [0.2, 0.25) is 0 Å². The zero-order valence-corrected chi connectivity index (χ0v) is 25.1. The standard InChI is InChI=1S/C31H26F3N7O3S/c1-18-12-19(2)27(20(3)13-18)41-26(42)16-45-30(41)38-29(43)36-15-23(14-35)21-4-6-22(7-5-21)28-37-17-40(39-28)24-8-10-25(11-9-24)44-31(32,33)34/h4-13,17,23H,15-16H2,1-3H3,(H,36,43). The largest absolute Gasteiger partial charge is 0.573 e. The summed E-state index contributed by atoms with van der Waals surface area (Å²) in [5.74, 6) is -0.657. The van der Waals surface area contributed by atoms with Gasteiger partial charge in [-0.05, 0) is 61.7 Å². The van der Waals surface area contributed by atoms with Gasteiger partial charge >= 0.3 is 12.4 Å². The van der Waals surface area contributed by atoms with Gasteiger partial charge in [-0.1, -0.05) is 53.7 Å². The van der Waals surface area contributed by atoms with E-state index in [0.29, 0.717) is 28.3 Å². The molecule has 45 heavy (non-hydrogen) atoms. The lowest BCUT2D eigenvalue weighted by molar-refractivity contribution is -0.274. The van der Waals surface area contributed by atoms with E-state index in [-0.39, 0.29) is 29.1 Å².